The van der Waals surface area contributed by atoms with E-state index >= 15 is 0 Å². The van der Waals surface area contributed by atoms with Gasteiger partial charge in [-0.2, -0.15) is 0 Å². The van der Waals surface area contributed by atoms with Crippen molar-refractivity contribution in [3.05, 3.63) is 34.3 Å². The van der Waals surface area contributed by atoms with E-state index in [-0.39, 0.29) is 12.5 Å². The van der Waals surface area contributed by atoms with Crippen molar-refractivity contribution in [1.82, 2.24) is 5.32 Å². The first-order chi connectivity index (χ1) is 7.87. The van der Waals surface area contributed by atoms with Crippen LogP contribution in [0.1, 0.15) is 25.8 Å². The van der Waals surface area contributed by atoms with E-state index in [1.165, 1.54) is 0 Å². The Labute approximate surface area is 110 Å². The average molecular weight is 300 g/mol. The van der Waals surface area contributed by atoms with Gasteiger partial charge in [0.25, 0.3) is 0 Å². The Balaban J connectivity index is 2.33. The summed E-state index contributed by atoms with van der Waals surface area (Å²) in [6.45, 7) is 3.62. The maximum atomic E-state index is 11.5. The number of carbonyl (C=O) groups is 1. The van der Waals surface area contributed by atoms with Crippen LogP contribution in [0.2, 0.25) is 0 Å². The van der Waals surface area contributed by atoms with Crippen molar-refractivity contribution < 1.29 is 9.90 Å². The van der Waals surface area contributed by atoms with Crippen LogP contribution in [0.25, 0.3) is 0 Å². The van der Waals surface area contributed by atoms with Gasteiger partial charge < -0.3 is 10.4 Å². The molecular formula is C13H18BrNO2. The summed E-state index contributed by atoms with van der Waals surface area (Å²) < 4.78 is 1.02. The molecule has 1 rings (SSSR count). The van der Waals surface area contributed by atoms with Gasteiger partial charge in [-0.15, -0.1) is 0 Å². The number of halogens is 1. The summed E-state index contributed by atoms with van der Waals surface area (Å²) in [5.41, 5.74) is 0.267. The largest absolute Gasteiger partial charge is 0.389 e. The summed E-state index contributed by atoms with van der Waals surface area (Å²) in [6.07, 6.45) is 1.14. The van der Waals surface area contributed by atoms with Crippen LogP contribution in [0.15, 0.2) is 28.7 Å². The summed E-state index contributed by atoms with van der Waals surface area (Å²) in [6, 6.07) is 7.91. The number of nitrogens with one attached hydrogen (secondary N) is 1. The van der Waals surface area contributed by atoms with E-state index in [1.807, 2.05) is 24.3 Å². The molecular weight excluding hydrogens is 282 g/mol. The van der Waals surface area contributed by atoms with E-state index in [0.29, 0.717) is 12.8 Å². The molecule has 0 spiro atoms. The van der Waals surface area contributed by atoms with Gasteiger partial charge in [0.15, 0.2) is 0 Å². The van der Waals surface area contributed by atoms with Gasteiger partial charge in [0.05, 0.1) is 5.60 Å². The summed E-state index contributed by atoms with van der Waals surface area (Å²) >= 11 is 3.39. The molecule has 17 heavy (non-hydrogen) atoms. The van der Waals surface area contributed by atoms with E-state index in [1.54, 1.807) is 13.8 Å². The Hall–Kier alpha value is -0.870. The maximum Gasteiger partial charge on any atom is 0.220 e. The van der Waals surface area contributed by atoms with Crippen LogP contribution in [0.4, 0.5) is 0 Å². The number of carbonyl (C=O) groups excluding carboxylic acids is 1. The molecule has 0 radical (unpaired) electrons. The molecule has 0 fully saturated rings. The van der Waals surface area contributed by atoms with Crippen molar-refractivity contribution in [3.63, 3.8) is 0 Å². The standard InChI is InChI=1S/C13H18BrNO2/c1-13(2,17)9-15-12(16)7-6-10-4-3-5-11(14)8-10/h3-5,8,17H,6-7,9H2,1-2H3,(H,15,16). The third kappa shape index (κ3) is 6.44. The summed E-state index contributed by atoms with van der Waals surface area (Å²) in [5.74, 6) is -0.0351. The SMILES string of the molecule is CC(C)(O)CNC(=O)CCc1cccc(Br)c1. The van der Waals surface area contributed by atoms with Crippen LogP contribution in [-0.2, 0) is 11.2 Å². The number of aryl methyl sites for hydroxylation is 1. The minimum atomic E-state index is -0.856. The molecule has 4 heteroatoms. The summed E-state index contributed by atoms with van der Waals surface area (Å²) in [5, 5.41) is 12.2. The monoisotopic (exact) mass is 299 g/mol. The second kappa shape index (κ2) is 6.17. The second-order valence-electron chi connectivity index (χ2n) is 4.72. The van der Waals surface area contributed by atoms with Crippen LogP contribution in [-0.4, -0.2) is 23.2 Å². The Bertz CT molecular complexity index is 385. The van der Waals surface area contributed by atoms with Gasteiger partial charge >= 0.3 is 0 Å². The molecule has 0 atom stereocenters. The molecule has 0 saturated carbocycles. The highest BCUT2D eigenvalue weighted by Crippen LogP contribution is 2.12. The van der Waals surface area contributed by atoms with E-state index in [0.717, 1.165) is 10.0 Å². The third-order valence-corrected chi connectivity index (χ3v) is 2.74. The molecule has 0 unspecified atom stereocenters. The van der Waals surface area contributed by atoms with Crippen molar-refractivity contribution >= 4 is 21.8 Å². The molecule has 1 aromatic rings. The fourth-order valence-electron chi connectivity index (χ4n) is 1.35. The van der Waals surface area contributed by atoms with Crippen LogP contribution >= 0.6 is 15.9 Å². The van der Waals surface area contributed by atoms with Crippen molar-refractivity contribution in [1.29, 1.82) is 0 Å². The van der Waals surface area contributed by atoms with Gasteiger partial charge in [-0.25, -0.2) is 0 Å². The molecule has 2 N–H and O–H groups in total. The topological polar surface area (TPSA) is 49.3 Å². The van der Waals surface area contributed by atoms with Crippen molar-refractivity contribution in [2.45, 2.75) is 32.3 Å². The minimum Gasteiger partial charge on any atom is -0.389 e. The van der Waals surface area contributed by atoms with E-state index in [9.17, 15) is 9.90 Å². The van der Waals surface area contributed by atoms with E-state index in [4.69, 9.17) is 0 Å². The lowest BCUT2D eigenvalue weighted by atomic mass is 10.1. The number of hydrogen-bond donors (Lipinski definition) is 2. The molecule has 0 bridgehead atoms. The predicted molar refractivity (Wildman–Crippen MR) is 71.8 cm³/mol. The van der Waals surface area contributed by atoms with Crippen LogP contribution in [0.5, 0.6) is 0 Å². The number of aliphatic hydroxyl groups is 1. The molecule has 0 aromatic heterocycles. The number of hydrogen-bond acceptors (Lipinski definition) is 2. The third-order valence-electron chi connectivity index (χ3n) is 2.25. The smallest absolute Gasteiger partial charge is 0.220 e. The van der Waals surface area contributed by atoms with Crippen LogP contribution in [0, 0.1) is 0 Å². The minimum absolute atomic E-state index is 0.0351. The van der Waals surface area contributed by atoms with Gasteiger partial charge in [-0.05, 0) is 38.0 Å². The lowest BCUT2D eigenvalue weighted by Crippen LogP contribution is -2.38. The zero-order valence-corrected chi connectivity index (χ0v) is 11.8. The maximum absolute atomic E-state index is 11.5. The average Bonchev–Trinajstić information content (AvgIpc) is 2.23. The lowest BCUT2D eigenvalue weighted by Gasteiger charge is -2.17. The molecule has 1 aromatic carbocycles. The molecule has 0 saturated heterocycles. The first-order valence-electron chi connectivity index (χ1n) is 5.60. The highest BCUT2D eigenvalue weighted by Gasteiger charge is 2.13. The number of amides is 1. The predicted octanol–water partition coefficient (Wildman–Crippen LogP) is 2.27. The molecule has 94 valence electrons. The van der Waals surface area contributed by atoms with Gasteiger partial charge in [-0.3, -0.25) is 4.79 Å². The summed E-state index contributed by atoms with van der Waals surface area (Å²) in [7, 11) is 0. The first-order valence-corrected chi connectivity index (χ1v) is 6.40. The van der Waals surface area contributed by atoms with Crippen LogP contribution < -0.4 is 5.32 Å². The van der Waals surface area contributed by atoms with Crippen molar-refractivity contribution in [2.75, 3.05) is 6.54 Å². The Morgan fingerprint density at radius 1 is 1.47 bits per heavy atom. The van der Waals surface area contributed by atoms with Crippen molar-refractivity contribution in [3.8, 4) is 0 Å². The van der Waals surface area contributed by atoms with Gasteiger partial charge in [0.2, 0.25) is 5.91 Å². The second-order valence-corrected chi connectivity index (χ2v) is 5.63. The zero-order valence-electron chi connectivity index (χ0n) is 10.2. The van der Waals surface area contributed by atoms with E-state index in [2.05, 4.69) is 21.2 Å². The van der Waals surface area contributed by atoms with E-state index < -0.39 is 5.60 Å². The normalized spacial score (nSPS) is 11.3. The molecule has 3 nitrogen and oxygen atoms in total. The highest BCUT2D eigenvalue weighted by atomic mass is 79.9. The molecule has 1 amide bonds. The quantitative estimate of drug-likeness (QED) is 0.876. The fourth-order valence-corrected chi connectivity index (χ4v) is 1.80. The lowest BCUT2D eigenvalue weighted by molar-refractivity contribution is -0.122. The first kappa shape index (κ1) is 14.2. The molecule has 0 aliphatic rings. The number of benzene rings is 1. The van der Waals surface area contributed by atoms with Crippen LogP contribution in [0.3, 0.4) is 0 Å². The molecule has 0 aliphatic heterocycles. The molecule has 0 heterocycles. The Morgan fingerprint density at radius 3 is 2.76 bits per heavy atom. The Morgan fingerprint density at radius 2 is 2.18 bits per heavy atom. The van der Waals surface area contributed by atoms with Gasteiger partial charge in [-0.1, -0.05) is 28.1 Å². The fraction of sp³-hybridized carbons (Fsp3) is 0.462. The highest BCUT2D eigenvalue weighted by molar-refractivity contribution is 9.10. The van der Waals surface area contributed by atoms with Crippen molar-refractivity contribution in [2.24, 2.45) is 0 Å². The van der Waals surface area contributed by atoms with Gasteiger partial charge in [0.1, 0.15) is 0 Å². The molecule has 0 aliphatic carbocycles. The Kier molecular flexibility index (Phi) is 5.15. The summed E-state index contributed by atoms with van der Waals surface area (Å²) in [4.78, 5) is 11.5. The zero-order chi connectivity index (χ0) is 12.9. The number of rotatable bonds is 5. The van der Waals surface area contributed by atoms with Gasteiger partial charge in [0, 0.05) is 17.4 Å².